The molecule has 0 aromatic heterocycles. The highest BCUT2D eigenvalue weighted by Gasteiger charge is 2.53. The molecule has 2 amide bonds. The average molecular weight is 501 g/mol. The summed E-state index contributed by atoms with van der Waals surface area (Å²) in [6, 6.07) is -4.53. The summed E-state index contributed by atoms with van der Waals surface area (Å²) in [4.78, 5) is 12.5. The van der Waals surface area contributed by atoms with Crippen LogP contribution in [0.5, 0.6) is 5.75 Å². The smallest absolute Gasteiger partial charge is 0.408 e. The number of benzene rings is 1. The number of urea groups is 1. The van der Waals surface area contributed by atoms with Crippen LogP contribution in [0.4, 0.5) is 39.9 Å². The van der Waals surface area contributed by atoms with Crippen LogP contribution in [0.2, 0.25) is 0 Å². The van der Waals surface area contributed by atoms with Crippen molar-refractivity contribution in [1.82, 2.24) is 15.2 Å². The van der Waals surface area contributed by atoms with Crippen LogP contribution in [0.15, 0.2) is 29.2 Å². The Balaban J connectivity index is 3.14. The molecule has 0 bridgehead atoms. The Morgan fingerprint density at radius 2 is 1.41 bits per heavy atom. The maximum absolute atomic E-state index is 13.3. The molecule has 0 aliphatic rings. The zero-order valence-electron chi connectivity index (χ0n) is 16.5. The van der Waals surface area contributed by atoms with Gasteiger partial charge in [0, 0.05) is 0 Å². The summed E-state index contributed by atoms with van der Waals surface area (Å²) in [7, 11) is -4.68. The number of amides is 2. The van der Waals surface area contributed by atoms with E-state index >= 15 is 0 Å². The molecule has 0 fully saturated rings. The van der Waals surface area contributed by atoms with Gasteiger partial charge in [0.15, 0.2) is 0 Å². The fraction of sp³-hybridized carbons (Fsp3) is 0.562. The van der Waals surface area contributed by atoms with Gasteiger partial charge in [-0.1, -0.05) is 13.8 Å². The number of hydrazine groups is 1. The van der Waals surface area contributed by atoms with E-state index < -0.39 is 75.5 Å². The Labute approximate surface area is 177 Å². The highest BCUT2D eigenvalue weighted by atomic mass is 32.2. The molecular formula is C16H19F8N3O4S. The predicted octanol–water partition coefficient (Wildman–Crippen LogP) is 4.17. The number of nitrogens with zero attached hydrogens (tertiary/aromatic N) is 1. The molecule has 0 aliphatic carbocycles. The Kier molecular flexibility index (Phi) is 9.08. The quantitative estimate of drug-likeness (QED) is 0.393. The van der Waals surface area contributed by atoms with Gasteiger partial charge in [0.1, 0.15) is 17.8 Å². The van der Waals surface area contributed by atoms with E-state index in [1.807, 2.05) is 0 Å². The number of ether oxygens (including phenoxy) is 1. The lowest BCUT2D eigenvalue weighted by atomic mass is 10.1. The molecule has 0 aliphatic heterocycles. The number of nitrogens with one attached hydrogen (secondary N) is 2. The highest BCUT2D eigenvalue weighted by Crippen LogP contribution is 2.35. The summed E-state index contributed by atoms with van der Waals surface area (Å²) in [5.41, 5.74) is 1.34. The number of carbonyl (C=O) groups excluding carboxylic acids is 1. The number of halogens is 8. The van der Waals surface area contributed by atoms with Crippen molar-refractivity contribution in [3.63, 3.8) is 0 Å². The minimum Gasteiger partial charge on any atom is -0.435 e. The van der Waals surface area contributed by atoms with Gasteiger partial charge in [0.25, 0.3) is 10.0 Å². The van der Waals surface area contributed by atoms with Gasteiger partial charge in [-0.2, -0.15) is 35.1 Å². The summed E-state index contributed by atoms with van der Waals surface area (Å²) in [5.74, 6) is -0.416. The van der Waals surface area contributed by atoms with Gasteiger partial charge < -0.3 is 4.74 Å². The molecule has 2 N–H and O–H groups in total. The predicted molar refractivity (Wildman–Crippen MR) is 94.0 cm³/mol. The van der Waals surface area contributed by atoms with Crippen molar-refractivity contribution in [2.24, 2.45) is 0 Å². The summed E-state index contributed by atoms with van der Waals surface area (Å²) in [6.45, 7) is -1.37. The SMILES string of the molecule is CCC(N(C(=O)NNS(=O)(=O)c1ccc(OC(F)F)cc1)C(CC)C(F)(F)F)C(F)(F)F. The standard InChI is InChI=1S/C16H19F8N3O4S/c1-3-11(15(19,20)21)27(12(4-2)16(22,23)24)14(28)25-26-32(29,30)10-7-5-9(6-8-10)31-13(17)18/h5-8,11-13,26H,3-4H2,1-2H3,(H,25,28). The minimum absolute atomic E-state index is 0.416. The fourth-order valence-corrected chi connectivity index (χ4v) is 3.54. The van der Waals surface area contributed by atoms with Crippen molar-refractivity contribution in [3.05, 3.63) is 24.3 Å². The van der Waals surface area contributed by atoms with Gasteiger partial charge in [-0.15, -0.1) is 4.83 Å². The van der Waals surface area contributed by atoms with Crippen LogP contribution in [-0.2, 0) is 10.0 Å². The van der Waals surface area contributed by atoms with E-state index in [2.05, 4.69) is 4.74 Å². The summed E-state index contributed by atoms with van der Waals surface area (Å²) in [6.07, 6.45) is -12.3. The molecule has 7 nitrogen and oxygen atoms in total. The molecule has 1 rings (SSSR count). The molecule has 2 unspecified atom stereocenters. The highest BCUT2D eigenvalue weighted by molar-refractivity contribution is 7.89. The third-order valence-corrected chi connectivity index (χ3v) is 5.35. The van der Waals surface area contributed by atoms with Crippen molar-refractivity contribution < 1.29 is 53.1 Å². The van der Waals surface area contributed by atoms with Gasteiger partial charge in [0.2, 0.25) is 0 Å². The second-order valence-electron chi connectivity index (χ2n) is 6.22. The number of hydrogen-bond acceptors (Lipinski definition) is 4. The van der Waals surface area contributed by atoms with E-state index in [1.165, 1.54) is 10.3 Å². The van der Waals surface area contributed by atoms with Gasteiger partial charge in [-0.05, 0) is 37.1 Å². The van der Waals surface area contributed by atoms with E-state index in [1.54, 1.807) is 0 Å². The lowest BCUT2D eigenvalue weighted by Gasteiger charge is -2.38. The van der Waals surface area contributed by atoms with Crippen LogP contribution in [-0.4, -0.2) is 50.4 Å². The Bertz CT molecular complexity index is 838. The number of hydrogen-bond donors (Lipinski definition) is 2. The Morgan fingerprint density at radius 1 is 0.969 bits per heavy atom. The molecule has 1 aromatic carbocycles. The van der Waals surface area contributed by atoms with Crippen LogP contribution in [0.1, 0.15) is 26.7 Å². The van der Waals surface area contributed by atoms with Crippen molar-refractivity contribution in [2.45, 2.75) is 62.6 Å². The molecule has 0 spiro atoms. The minimum atomic E-state index is -5.23. The molecular weight excluding hydrogens is 482 g/mol. The van der Waals surface area contributed by atoms with Crippen LogP contribution in [0.25, 0.3) is 0 Å². The number of rotatable bonds is 9. The normalized spacial score (nSPS) is 14.7. The summed E-state index contributed by atoms with van der Waals surface area (Å²) < 4.78 is 132. The van der Waals surface area contributed by atoms with Gasteiger partial charge in [-0.3, -0.25) is 10.3 Å². The molecule has 184 valence electrons. The third kappa shape index (κ3) is 7.36. The van der Waals surface area contributed by atoms with E-state index in [-0.39, 0.29) is 0 Å². The van der Waals surface area contributed by atoms with Crippen LogP contribution in [0.3, 0.4) is 0 Å². The zero-order valence-corrected chi connectivity index (χ0v) is 17.3. The number of sulfonamides is 1. The topological polar surface area (TPSA) is 87.7 Å². The molecule has 0 saturated heterocycles. The fourth-order valence-electron chi connectivity index (χ4n) is 2.71. The average Bonchev–Trinajstić information content (AvgIpc) is 2.64. The van der Waals surface area contributed by atoms with Gasteiger partial charge in [0.05, 0.1) is 4.90 Å². The van der Waals surface area contributed by atoms with Crippen LogP contribution < -0.4 is 15.0 Å². The van der Waals surface area contributed by atoms with Crippen molar-refractivity contribution in [3.8, 4) is 5.75 Å². The third-order valence-electron chi connectivity index (χ3n) is 4.09. The monoisotopic (exact) mass is 501 g/mol. The maximum Gasteiger partial charge on any atom is 0.408 e. The maximum atomic E-state index is 13.3. The van der Waals surface area contributed by atoms with E-state index in [0.29, 0.717) is 0 Å². The summed E-state index contributed by atoms with van der Waals surface area (Å²) in [5, 5.41) is 0. The van der Waals surface area contributed by atoms with Crippen molar-refractivity contribution >= 4 is 16.1 Å². The van der Waals surface area contributed by atoms with Gasteiger partial charge in [-0.25, -0.2) is 13.2 Å². The Hall–Kier alpha value is -2.36. The number of carbonyl (C=O) groups is 1. The lowest BCUT2D eigenvalue weighted by molar-refractivity contribution is -0.222. The molecule has 0 heterocycles. The first-order chi connectivity index (χ1) is 14.5. The van der Waals surface area contributed by atoms with E-state index in [0.717, 1.165) is 38.1 Å². The first kappa shape index (κ1) is 27.7. The van der Waals surface area contributed by atoms with E-state index in [9.17, 15) is 48.3 Å². The molecule has 2 atom stereocenters. The second kappa shape index (κ2) is 10.5. The zero-order chi connectivity index (χ0) is 24.9. The number of alkyl halides is 8. The molecule has 0 saturated carbocycles. The van der Waals surface area contributed by atoms with Gasteiger partial charge >= 0.3 is 25.0 Å². The van der Waals surface area contributed by atoms with Crippen LogP contribution in [0, 0.1) is 0 Å². The van der Waals surface area contributed by atoms with E-state index in [4.69, 9.17) is 0 Å². The molecule has 0 radical (unpaired) electrons. The largest absolute Gasteiger partial charge is 0.435 e. The molecule has 1 aromatic rings. The lowest BCUT2D eigenvalue weighted by Crippen LogP contribution is -2.62. The second-order valence-corrected chi connectivity index (χ2v) is 7.91. The van der Waals surface area contributed by atoms with Crippen molar-refractivity contribution in [1.29, 1.82) is 0 Å². The first-order valence-corrected chi connectivity index (χ1v) is 10.3. The molecule has 32 heavy (non-hydrogen) atoms. The summed E-state index contributed by atoms with van der Waals surface area (Å²) >= 11 is 0. The molecule has 16 heteroatoms. The van der Waals surface area contributed by atoms with Crippen LogP contribution >= 0.6 is 0 Å². The van der Waals surface area contributed by atoms with Crippen molar-refractivity contribution in [2.75, 3.05) is 0 Å². The Morgan fingerprint density at radius 3 is 1.75 bits per heavy atom. The first-order valence-electron chi connectivity index (χ1n) is 8.83.